The normalized spacial score (nSPS) is 43.1. The number of aliphatic hydroxyl groups is 8. The van der Waals surface area contributed by atoms with Crippen molar-refractivity contribution in [3.63, 3.8) is 0 Å². The zero-order valence-electron chi connectivity index (χ0n) is 16.4. The van der Waals surface area contributed by atoms with E-state index < -0.39 is 84.5 Å². The second-order valence-corrected chi connectivity index (χ2v) is 9.66. The highest BCUT2D eigenvalue weighted by atomic mass is 32.2. The third-order valence-electron chi connectivity index (χ3n) is 5.19. The maximum Gasteiger partial charge on any atom is 0.193 e. The summed E-state index contributed by atoms with van der Waals surface area (Å²) in [6, 6.07) is 0. The summed E-state index contributed by atoms with van der Waals surface area (Å²) in [5, 5.41) is 78.1. The minimum absolute atomic E-state index is 0.127. The maximum absolute atomic E-state index is 12.5. The van der Waals surface area contributed by atoms with Gasteiger partial charge in [0.05, 0.1) is 23.0 Å². The van der Waals surface area contributed by atoms with Gasteiger partial charge in [-0.15, -0.1) is 0 Å². The van der Waals surface area contributed by atoms with E-state index in [9.17, 15) is 50.4 Å². The van der Waals surface area contributed by atoms with Crippen molar-refractivity contribution in [2.24, 2.45) is 0 Å². The van der Waals surface area contributed by atoms with E-state index in [4.69, 9.17) is 9.47 Å². The summed E-state index contributed by atoms with van der Waals surface area (Å²) in [5.41, 5.74) is -2.50. The molecule has 0 unspecified atom stereocenters. The van der Waals surface area contributed by atoms with Crippen molar-refractivity contribution in [3.05, 3.63) is 22.0 Å². The molecule has 1 aliphatic carbocycles. The Morgan fingerprint density at radius 1 is 0.625 bits per heavy atom. The molecule has 12 nitrogen and oxygen atoms in total. The number of carbonyl (C=O) groups is 2. The van der Waals surface area contributed by atoms with Gasteiger partial charge in [0, 0.05) is 12.2 Å². The van der Waals surface area contributed by atoms with Gasteiger partial charge < -0.3 is 50.3 Å². The summed E-state index contributed by atoms with van der Waals surface area (Å²) in [6.07, 6.45) is -10.0. The van der Waals surface area contributed by atoms with Gasteiger partial charge >= 0.3 is 0 Å². The summed E-state index contributed by atoms with van der Waals surface area (Å²) in [7, 11) is 0. The van der Waals surface area contributed by atoms with Gasteiger partial charge in [-0.3, -0.25) is 9.59 Å². The van der Waals surface area contributed by atoms with E-state index in [1.165, 1.54) is 0 Å². The second-order valence-electron chi connectivity index (χ2n) is 7.38. The molecule has 2 heterocycles. The first-order valence-electron chi connectivity index (χ1n) is 9.55. The van der Waals surface area contributed by atoms with Crippen LogP contribution in [0.25, 0.3) is 0 Å². The van der Waals surface area contributed by atoms with Crippen LogP contribution in [0.3, 0.4) is 0 Å². The Morgan fingerprint density at radius 3 is 1.28 bits per heavy atom. The van der Waals surface area contributed by atoms with Crippen LogP contribution in [0.2, 0.25) is 0 Å². The van der Waals surface area contributed by atoms with Gasteiger partial charge in [-0.2, -0.15) is 0 Å². The molecule has 0 aromatic carbocycles. The molecule has 0 bridgehead atoms. The van der Waals surface area contributed by atoms with Gasteiger partial charge in [0.25, 0.3) is 0 Å². The highest BCUT2D eigenvalue weighted by Gasteiger charge is 2.46. The minimum Gasteiger partial charge on any atom is -0.394 e. The molecule has 180 valence electrons. The molecule has 0 saturated carbocycles. The van der Waals surface area contributed by atoms with Crippen molar-refractivity contribution in [2.75, 3.05) is 13.2 Å². The average molecular weight is 497 g/mol. The monoisotopic (exact) mass is 496 g/mol. The lowest BCUT2D eigenvalue weighted by atomic mass is 10.0. The van der Waals surface area contributed by atoms with Gasteiger partial charge in [0.2, 0.25) is 0 Å². The van der Waals surface area contributed by atoms with Crippen LogP contribution in [0.15, 0.2) is 22.0 Å². The molecule has 0 amide bonds. The molecule has 3 rings (SSSR count). The summed E-state index contributed by atoms with van der Waals surface area (Å²) in [6.45, 7) is -1.29. The molecular weight excluding hydrogens is 472 g/mol. The van der Waals surface area contributed by atoms with Crippen molar-refractivity contribution in [1.82, 2.24) is 0 Å². The van der Waals surface area contributed by atoms with E-state index in [0.29, 0.717) is 23.5 Å². The molecule has 2 fully saturated rings. The van der Waals surface area contributed by atoms with Gasteiger partial charge in [-0.25, -0.2) is 0 Å². The van der Waals surface area contributed by atoms with E-state index in [1.54, 1.807) is 0 Å². The average Bonchev–Trinajstić information content (AvgIpc) is 2.77. The second kappa shape index (κ2) is 10.6. The molecule has 32 heavy (non-hydrogen) atoms. The van der Waals surface area contributed by atoms with Crippen LogP contribution < -0.4 is 0 Å². The predicted octanol–water partition coefficient (Wildman–Crippen LogP) is -4.03. The van der Waals surface area contributed by atoms with Crippen molar-refractivity contribution in [1.29, 1.82) is 0 Å². The van der Waals surface area contributed by atoms with E-state index in [0.717, 1.165) is 12.2 Å². The number of aliphatic hydroxyl groups excluding tert-OH is 8. The van der Waals surface area contributed by atoms with Gasteiger partial charge in [0.15, 0.2) is 11.6 Å². The molecule has 2 saturated heterocycles. The van der Waals surface area contributed by atoms with Crippen LogP contribution in [0, 0.1) is 0 Å². The largest absolute Gasteiger partial charge is 0.394 e. The highest BCUT2D eigenvalue weighted by Crippen LogP contribution is 2.38. The van der Waals surface area contributed by atoms with E-state index in [1.807, 2.05) is 0 Å². The lowest BCUT2D eigenvalue weighted by Gasteiger charge is -2.40. The molecule has 14 heteroatoms. The first-order chi connectivity index (χ1) is 15.1. The molecule has 8 N–H and O–H groups in total. The number of rotatable bonds is 6. The Hall–Kier alpha value is -0.880. The summed E-state index contributed by atoms with van der Waals surface area (Å²) in [4.78, 5) is 24.8. The Morgan fingerprint density at radius 2 is 0.969 bits per heavy atom. The zero-order chi connectivity index (χ0) is 23.7. The van der Waals surface area contributed by atoms with Crippen molar-refractivity contribution < 1.29 is 59.9 Å². The molecule has 0 aromatic rings. The molecule has 3 aliphatic rings. The number of carbonyl (C=O) groups excluding carboxylic acids is 2. The molecule has 10 atom stereocenters. The van der Waals surface area contributed by atoms with Crippen LogP contribution in [-0.4, -0.2) is 125 Å². The lowest BCUT2D eigenvalue weighted by Crippen LogP contribution is -2.57. The number of ether oxygens (including phenoxy) is 2. The number of ketones is 2. The number of thioether (sulfide) groups is 2. The third-order valence-corrected chi connectivity index (χ3v) is 7.58. The fraction of sp³-hybridized carbons (Fsp3) is 0.667. The number of hydrogen-bond acceptors (Lipinski definition) is 14. The van der Waals surface area contributed by atoms with E-state index >= 15 is 0 Å². The smallest absolute Gasteiger partial charge is 0.193 e. The molecular formula is C18H24O12S2. The van der Waals surface area contributed by atoms with Gasteiger partial charge in [-0.05, 0) is 0 Å². The quantitative estimate of drug-likeness (QED) is 0.164. The highest BCUT2D eigenvalue weighted by molar-refractivity contribution is 8.05. The van der Waals surface area contributed by atoms with Crippen LogP contribution in [0.1, 0.15) is 0 Å². The summed E-state index contributed by atoms with van der Waals surface area (Å²) in [5.74, 6) is -1.31. The van der Waals surface area contributed by atoms with E-state index in [-0.39, 0.29) is 9.81 Å². The lowest BCUT2D eigenvalue weighted by molar-refractivity contribution is -0.205. The van der Waals surface area contributed by atoms with Crippen molar-refractivity contribution in [2.45, 2.75) is 59.7 Å². The predicted molar refractivity (Wildman–Crippen MR) is 109 cm³/mol. The number of hydrogen-bond donors (Lipinski definition) is 8. The van der Waals surface area contributed by atoms with Crippen LogP contribution >= 0.6 is 23.5 Å². The first-order valence-corrected chi connectivity index (χ1v) is 11.3. The van der Waals surface area contributed by atoms with Crippen LogP contribution in [0.4, 0.5) is 0 Å². The van der Waals surface area contributed by atoms with Crippen LogP contribution in [-0.2, 0) is 19.1 Å². The Bertz CT molecular complexity index is 720. The number of allylic oxidation sites excluding steroid dienone is 4. The van der Waals surface area contributed by atoms with Gasteiger partial charge in [0.1, 0.15) is 59.7 Å². The molecule has 0 spiro atoms. The Balaban J connectivity index is 1.68. The minimum atomic E-state index is -1.64. The topological polar surface area (TPSA) is 214 Å². The SMILES string of the molecule is O=C1C=C(S[C@@H]2O[C@H](CO)[C@@H](O)[C@H](O)[C@H]2O)C(=O)C=C1S[C@@H]1O[C@H](CO)[C@@H](O)[C@H](O)[C@H]1O. The molecule has 0 radical (unpaired) electrons. The Kier molecular flexibility index (Phi) is 8.51. The summed E-state index contributed by atoms with van der Waals surface area (Å²) < 4.78 is 10.6. The zero-order valence-corrected chi connectivity index (χ0v) is 18.0. The standard InChI is InChI=1S/C18H24O12S2/c19-3-7-11(23)13(25)15(27)17(29-7)31-9-1-5(21)10(2-6(9)22)32-18-16(28)14(26)12(24)8(4-20)30-18/h1-2,7-8,11-20,23-28H,3-4H2/t7-,8-,11-,12-,13+,14+,15-,16-,17+,18+/m1/s1. The Labute approximate surface area is 190 Å². The maximum atomic E-state index is 12.5. The fourth-order valence-electron chi connectivity index (χ4n) is 3.29. The molecule has 2 aliphatic heterocycles. The van der Waals surface area contributed by atoms with Gasteiger partial charge in [-0.1, -0.05) is 23.5 Å². The third kappa shape index (κ3) is 5.11. The van der Waals surface area contributed by atoms with Crippen molar-refractivity contribution >= 4 is 35.1 Å². The van der Waals surface area contributed by atoms with Crippen molar-refractivity contribution in [3.8, 4) is 0 Å². The molecule has 0 aromatic heterocycles. The summed E-state index contributed by atoms with van der Waals surface area (Å²) >= 11 is 1.27. The van der Waals surface area contributed by atoms with E-state index in [2.05, 4.69) is 0 Å². The van der Waals surface area contributed by atoms with Crippen LogP contribution in [0.5, 0.6) is 0 Å². The first kappa shape index (κ1) is 25.7. The fourth-order valence-corrected chi connectivity index (χ4v) is 5.48.